The van der Waals surface area contributed by atoms with Gasteiger partial charge in [-0.2, -0.15) is 5.10 Å². The molecule has 0 unspecified atom stereocenters. The highest BCUT2D eigenvalue weighted by Gasteiger charge is 2.28. The molecule has 1 saturated heterocycles. The lowest BCUT2D eigenvalue weighted by Crippen LogP contribution is -2.49. The molecule has 0 atom stereocenters. The second kappa shape index (κ2) is 4.29. The van der Waals surface area contributed by atoms with E-state index in [1.54, 1.807) is 29.7 Å². The summed E-state index contributed by atoms with van der Waals surface area (Å²) in [6, 6.07) is 3.21. The topological polar surface area (TPSA) is 51.0 Å². The van der Waals surface area contributed by atoms with Gasteiger partial charge in [-0.05, 0) is 6.07 Å². The van der Waals surface area contributed by atoms with Crippen LogP contribution in [0.25, 0.3) is 0 Å². The van der Waals surface area contributed by atoms with Gasteiger partial charge in [0, 0.05) is 42.8 Å². The van der Waals surface area contributed by atoms with Crippen LogP contribution in [-0.2, 0) is 6.54 Å². The highest BCUT2D eigenvalue weighted by atomic mass is 32.1. The van der Waals surface area contributed by atoms with Gasteiger partial charge in [-0.1, -0.05) is 0 Å². The SMILES string of the molecule is O=c1cccnn1CC1CN(c2nccs2)C1. The monoisotopic (exact) mass is 248 g/mol. The average Bonchev–Trinajstić information content (AvgIpc) is 2.78. The summed E-state index contributed by atoms with van der Waals surface area (Å²) in [7, 11) is 0. The number of rotatable bonds is 3. The average molecular weight is 248 g/mol. The van der Waals surface area contributed by atoms with Crippen LogP contribution in [0.1, 0.15) is 0 Å². The molecule has 0 aromatic carbocycles. The number of hydrogen-bond acceptors (Lipinski definition) is 5. The van der Waals surface area contributed by atoms with E-state index in [2.05, 4.69) is 15.0 Å². The molecule has 3 heterocycles. The lowest BCUT2D eigenvalue weighted by Gasteiger charge is -2.38. The minimum absolute atomic E-state index is 0.0276. The van der Waals surface area contributed by atoms with Gasteiger partial charge in [-0.25, -0.2) is 9.67 Å². The molecular weight excluding hydrogens is 236 g/mol. The molecule has 0 spiro atoms. The standard InChI is InChI=1S/C11H12N4OS/c16-10-2-1-3-13-15(10)8-9-6-14(7-9)11-12-4-5-17-11/h1-5,9H,6-8H2. The summed E-state index contributed by atoms with van der Waals surface area (Å²) in [5.41, 5.74) is -0.0276. The third-order valence-electron chi connectivity index (χ3n) is 2.86. The van der Waals surface area contributed by atoms with Crippen molar-refractivity contribution < 1.29 is 0 Å². The van der Waals surface area contributed by atoms with Crippen LogP contribution in [-0.4, -0.2) is 27.9 Å². The molecule has 0 N–H and O–H groups in total. The Labute approximate surface area is 102 Å². The zero-order valence-corrected chi connectivity index (χ0v) is 10.0. The van der Waals surface area contributed by atoms with Crippen molar-refractivity contribution in [2.24, 2.45) is 5.92 Å². The van der Waals surface area contributed by atoms with E-state index in [1.165, 1.54) is 4.68 Å². The zero-order valence-electron chi connectivity index (χ0n) is 9.19. The maximum absolute atomic E-state index is 11.5. The van der Waals surface area contributed by atoms with Crippen LogP contribution in [0, 0.1) is 5.92 Å². The fraction of sp³-hybridized carbons (Fsp3) is 0.364. The van der Waals surface area contributed by atoms with E-state index in [-0.39, 0.29) is 5.56 Å². The van der Waals surface area contributed by atoms with Crippen LogP contribution in [0.4, 0.5) is 5.13 Å². The van der Waals surface area contributed by atoms with Crippen LogP contribution in [0.2, 0.25) is 0 Å². The smallest absolute Gasteiger partial charge is 0.266 e. The van der Waals surface area contributed by atoms with E-state index in [9.17, 15) is 4.79 Å². The van der Waals surface area contributed by atoms with Crippen molar-refractivity contribution in [1.82, 2.24) is 14.8 Å². The molecular formula is C11H12N4OS. The molecule has 0 aliphatic carbocycles. The summed E-state index contributed by atoms with van der Waals surface area (Å²) in [5, 5.41) is 7.10. The molecule has 1 fully saturated rings. The molecule has 1 aliphatic rings. The Bertz CT molecular complexity index is 545. The summed E-state index contributed by atoms with van der Waals surface area (Å²) in [6.07, 6.45) is 3.47. The largest absolute Gasteiger partial charge is 0.347 e. The molecule has 0 bridgehead atoms. The minimum atomic E-state index is -0.0276. The summed E-state index contributed by atoms with van der Waals surface area (Å²) < 4.78 is 1.53. The van der Waals surface area contributed by atoms with Crippen LogP contribution in [0.15, 0.2) is 34.7 Å². The van der Waals surface area contributed by atoms with Crippen molar-refractivity contribution in [3.63, 3.8) is 0 Å². The molecule has 2 aromatic heterocycles. The van der Waals surface area contributed by atoms with Crippen molar-refractivity contribution in [1.29, 1.82) is 0 Å². The first kappa shape index (κ1) is 10.5. The van der Waals surface area contributed by atoms with Gasteiger partial charge >= 0.3 is 0 Å². The molecule has 88 valence electrons. The molecule has 3 rings (SSSR count). The normalized spacial score (nSPS) is 15.9. The van der Waals surface area contributed by atoms with E-state index >= 15 is 0 Å². The lowest BCUT2D eigenvalue weighted by molar-refractivity contribution is 0.334. The van der Waals surface area contributed by atoms with Crippen LogP contribution in [0.5, 0.6) is 0 Å². The summed E-state index contributed by atoms with van der Waals surface area (Å²) in [4.78, 5) is 18.0. The fourth-order valence-corrected chi connectivity index (χ4v) is 2.65. The highest BCUT2D eigenvalue weighted by molar-refractivity contribution is 7.13. The Hall–Kier alpha value is -1.69. The third kappa shape index (κ3) is 2.08. The maximum Gasteiger partial charge on any atom is 0.266 e. The minimum Gasteiger partial charge on any atom is -0.347 e. The van der Waals surface area contributed by atoms with E-state index in [4.69, 9.17) is 0 Å². The van der Waals surface area contributed by atoms with Crippen LogP contribution in [0.3, 0.4) is 0 Å². The molecule has 0 saturated carbocycles. The molecule has 1 aliphatic heterocycles. The maximum atomic E-state index is 11.5. The van der Waals surface area contributed by atoms with Crippen LogP contribution < -0.4 is 10.5 Å². The quantitative estimate of drug-likeness (QED) is 0.807. The second-order valence-electron chi connectivity index (χ2n) is 4.13. The van der Waals surface area contributed by atoms with Gasteiger partial charge in [0.05, 0.1) is 6.54 Å². The second-order valence-corrected chi connectivity index (χ2v) is 5.00. The van der Waals surface area contributed by atoms with Crippen molar-refractivity contribution in [2.45, 2.75) is 6.54 Å². The fourth-order valence-electron chi connectivity index (χ4n) is 1.98. The van der Waals surface area contributed by atoms with Crippen molar-refractivity contribution in [2.75, 3.05) is 18.0 Å². The third-order valence-corrected chi connectivity index (χ3v) is 3.70. The predicted molar refractivity (Wildman–Crippen MR) is 66.3 cm³/mol. The number of nitrogens with zero attached hydrogens (tertiary/aromatic N) is 4. The van der Waals surface area contributed by atoms with Gasteiger partial charge in [0.1, 0.15) is 0 Å². The Morgan fingerprint density at radius 1 is 1.41 bits per heavy atom. The molecule has 2 aromatic rings. The van der Waals surface area contributed by atoms with Crippen molar-refractivity contribution >= 4 is 16.5 Å². The van der Waals surface area contributed by atoms with Gasteiger partial charge < -0.3 is 4.90 Å². The Balaban J connectivity index is 1.60. The Morgan fingerprint density at radius 3 is 3.00 bits per heavy atom. The summed E-state index contributed by atoms with van der Waals surface area (Å²) in [6.45, 7) is 2.61. The molecule has 0 radical (unpaired) electrons. The van der Waals surface area contributed by atoms with Gasteiger partial charge in [-0.15, -0.1) is 11.3 Å². The first-order chi connectivity index (χ1) is 8.33. The first-order valence-corrected chi connectivity index (χ1v) is 6.37. The molecule has 17 heavy (non-hydrogen) atoms. The number of aromatic nitrogens is 3. The van der Waals surface area contributed by atoms with Gasteiger partial charge in [0.25, 0.3) is 5.56 Å². The highest BCUT2D eigenvalue weighted by Crippen LogP contribution is 2.26. The Kier molecular flexibility index (Phi) is 2.64. The summed E-state index contributed by atoms with van der Waals surface area (Å²) >= 11 is 1.65. The number of anilines is 1. The summed E-state index contributed by atoms with van der Waals surface area (Å²) in [5.74, 6) is 0.492. The van der Waals surface area contributed by atoms with Gasteiger partial charge in [0.15, 0.2) is 5.13 Å². The van der Waals surface area contributed by atoms with Gasteiger partial charge in [-0.3, -0.25) is 4.79 Å². The van der Waals surface area contributed by atoms with Crippen LogP contribution >= 0.6 is 11.3 Å². The number of thiazole rings is 1. The lowest BCUT2D eigenvalue weighted by atomic mass is 10.0. The molecule has 0 amide bonds. The van der Waals surface area contributed by atoms with E-state index < -0.39 is 0 Å². The van der Waals surface area contributed by atoms with Crippen molar-refractivity contribution in [3.8, 4) is 0 Å². The van der Waals surface area contributed by atoms with Crippen molar-refractivity contribution in [3.05, 3.63) is 40.3 Å². The van der Waals surface area contributed by atoms with E-state index in [0.29, 0.717) is 12.5 Å². The van der Waals surface area contributed by atoms with E-state index in [1.807, 2.05) is 11.6 Å². The zero-order chi connectivity index (χ0) is 11.7. The first-order valence-electron chi connectivity index (χ1n) is 5.49. The van der Waals surface area contributed by atoms with Gasteiger partial charge in [0.2, 0.25) is 0 Å². The Morgan fingerprint density at radius 2 is 2.29 bits per heavy atom. The molecule has 5 nitrogen and oxygen atoms in total. The predicted octanol–water partition coefficient (Wildman–Crippen LogP) is 0.836. The number of hydrogen-bond donors (Lipinski definition) is 0. The molecule has 6 heteroatoms. The van der Waals surface area contributed by atoms with E-state index in [0.717, 1.165) is 18.2 Å².